The molecule has 1 aromatic rings. The Balaban J connectivity index is 2.20. The number of carbonyl (C=O) groups excluding carboxylic acids is 1. The molecule has 88 valence electrons. The third-order valence-electron chi connectivity index (χ3n) is 2.09. The van der Waals surface area contributed by atoms with E-state index in [2.05, 4.69) is 16.9 Å². The van der Waals surface area contributed by atoms with Crippen molar-refractivity contribution in [2.45, 2.75) is 24.3 Å². The summed E-state index contributed by atoms with van der Waals surface area (Å²) < 4.78 is 5.79. The number of esters is 1. The molecule has 1 atom stereocenters. The molecule has 0 unspecified atom stereocenters. The van der Waals surface area contributed by atoms with Crippen molar-refractivity contribution in [2.24, 2.45) is 0 Å². The molecule has 0 amide bonds. The predicted molar refractivity (Wildman–Crippen MR) is 63.9 cm³/mol. The number of aliphatic hydroxyl groups excluding tert-OH is 1. The number of ether oxygens (including phenoxy) is 1. The quantitative estimate of drug-likeness (QED) is 0.620. The van der Waals surface area contributed by atoms with E-state index in [0.717, 1.165) is 5.32 Å². The van der Waals surface area contributed by atoms with Gasteiger partial charge >= 0.3 is 102 Å². The van der Waals surface area contributed by atoms with E-state index in [1.807, 2.05) is 18.2 Å². The van der Waals surface area contributed by atoms with Crippen molar-refractivity contribution < 1.29 is 14.6 Å². The zero-order chi connectivity index (χ0) is 11.8. The number of benzene rings is 1. The Labute approximate surface area is 102 Å². The summed E-state index contributed by atoms with van der Waals surface area (Å²) >= 11 is 0.275. The molecule has 1 N–H and O–H groups in total. The Morgan fingerprint density at radius 3 is 2.75 bits per heavy atom. The number of hydrogen-bond donors (Lipinski definition) is 1. The van der Waals surface area contributed by atoms with Gasteiger partial charge in [0.25, 0.3) is 0 Å². The van der Waals surface area contributed by atoms with E-state index < -0.39 is 6.10 Å². The molecule has 3 nitrogen and oxygen atoms in total. The van der Waals surface area contributed by atoms with Crippen LogP contribution in [0.3, 0.4) is 0 Å². The van der Waals surface area contributed by atoms with Crippen LogP contribution in [-0.2, 0) is 9.53 Å². The van der Waals surface area contributed by atoms with Crippen LogP contribution in [0.15, 0.2) is 30.3 Å². The van der Waals surface area contributed by atoms with Crippen LogP contribution in [0.25, 0.3) is 0 Å². The molecule has 0 aliphatic heterocycles. The molecule has 0 aliphatic rings. The molecule has 4 heteroatoms. The number of hydrogen-bond acceptors (Lipinski definition) is 3. The van der Waals surface area contributed by atoms with E-state index in [1.165, 1.54) is 11.6 Å². The van der Waals surface area contributed by atoms with E-state index in [0.29, 0.717) is 12.8 Å². The second kappa shape index (κ2) is 7.44. The zero-order valence-electron chi connectivity index (χ0n) is 9.26. The summed E-state index contributed by atoms with van der Waals surface area (Å²) in [6.07, 6.45) is 0.378. The van der Waals surface area contributed by atoms with Crippen molar-refractivity contribution >= 4 is 25.4 Å². The Kier molecular flexibility index (Phi) is 6.16. The molecule has 0 bridgehead atoms. The average Bonchev–Trinajstić information content (AvgIpc) is 2.34. The molecule has 1 aromatic carbocycles. The van der Waals surface area contributed by atoms with E-state index in [4.69, 9.17) is 0 Å². The molecule has 0 fully saturated rings. The monoisotopic (exact) mass is 288 g/mol. The number of aliphatic hydroxyl groups is 1. The van der Waals surface area contributed by atoms with Crippen LogP contribution in [0.1, 0.15) is 12.8 Å². The molecule has 0 aliphatic carbocycles. The normalized spacial score (nSPS) is 12.1. The first-order valence-corrected chi connectivity index (χ1v) is 7.22. The maximum atomic E-state index is 10.9. The van der Waals surface area contributed by atoms with Crippen molar-refractivity contribution in [1.82, 2.24) is 0 Å². The third-order valence-corrected chi connectivity index (χ3v) is 4.52. The molecule has 0 saturated carbocycles. The summed E-state index contributed by atoms with van der Waals surface area (Å²) in [5, 5.41) is 10.4. The molecular weight excluding hydrogens is 271 g/mol. The summed E-state index contributed by atoms with van der Waals surface area (Å²) in [7, 11) is 1.36. The van der Waals surface area contributed by atoms with Gasteiger partial charge in [0.2, 0.25) is 0 Å². The average molecular weight is 287 g/mol. The van der Waals surface area contributed by atoms with Crippen LogP contribution in [0, 0.1) is 0 Å². The Morgan fingerprint density at radius 2 is 2.12 bits per heavy atom. The molecular formula is C12H16O3Se. The van der Waals surface area contributed by atoms with Gasteiger partial charge in [0.1, 0.15) is 0 Å². The molecule has 1 rings (SSSR count). The SMILES string of the molecule is COC(=O)CC[C@@H](O)C[Se]c1ccccc1. The van der Waals surface area contributed by atoms with Gasteiger partial charge in [-0.25, -0.2) is 0 Å². The van der Waals surface area contributed by atoms with Crippen molar-refractivity contribution in [2.75, 3.05) is 7.11 Å². The topological polar surface area (TPSA) is 46.5 Å². The van der Waals surface area contributed by atoms with Crippen LogP contribution in [0.5, 0.6) is 0 Å². The fourth-order valence-electron chi connectivity index (χ4n) is 1.18. The molecule has 0 spiro atoms. The van der Waals surface area contributed by atoms with E-state index in [1.54, 1.807) is 0 Å². The summed E-state index contributed by atoms with van der Waals surface area (Å²) in [6, 6.07) is 10.1. The zero-order valence-corrected chi connectivity index (χ0v) is 11.0. The fraction of sp³-hybridized carbons (Fsp3) is 0.417. The minimum absolute atomic E-state index is 0.258. The molecule has 0 heterocycles. The van der Waals surface area contributed by atoms with Gasteiger partial charge in [-0.05, 0) is 0 Å². The molecule has 0 aromatic heterocycles. The van der Waals surface area contributed by atoms with Gasteiger partial charge in [0.05, 0.1) is 0 Å². The van der Waals surface area contributed by atoms with Crippen molar-refractivity contribution in [3.63, 3.8) is 0 Å². The van der Waals surface area contributed by atoms with Gasteiger partial charge in [-0.1, -0.05) is 0 Å². The standard InChI is InChI=1S/C12H16O3Se/c1-15-12(14)8-7-10(13)9-16-11-5-3-2-4-6-11/h2-6,10,13H,7-9H2,1H3/t10-/m1/s1. The first kappa shape index (κ1) is 13.2. The van der Waals surface area contributed by atoms with Crippen molar-refractivity contribution in [3.8, 4) is 0 Å². The number of carbonyl (C=O) groups is 1. The second-order valence-corrected chi connectivity index (χ2v) is 5.69. The van der Waals surface area contributed by atoms with Gasteiger partial charge in [-0.2, -0.15) is 0 Å². The number of methoxy groups -OCH3 is 1. The first-order chi connectivity index (χ1) is 7.72. The summed E-state index contributed by atoms with van der Waals surface area (Å²) in [5.74, 6) is -0.258. The molecule has 16 heavy (non-hydrogen) atoms. The van der Waals surface area contributed by atoms with Crippen molar-refractivity contribution in [1.29, 1.82) is 0 Å². The predicted octanol–water partition coefficient (Wildman–Crippen LogP) is 0.748. The van der Waals surface area contributed by atoms with Gasteiger partial charge < -0.3 is 0 Å². The van der Waals surface area contributed by atoms with E-state index in [9.17, 15) is 9.90 Å². The van der Waals surface area contributed by atoms with E-state index >= 15 is 0 Å². The van der Waals surface area contributed by atoms with Gasteiger partial charge in [-0.15, -0.1) is 0 Å². The van der Waals surface area contributed by atoms with Crippen LogP contribution in [0.4, 0.5) is 0 Å². The van der Waals surface area contributed by atoms with Crippen LogP contribution in [-0.4, -0.2) is 39.2 Å². The minimum atomic E-state index is -0.403. The maximum absolute atomic E-state index is 10.9. The Morgan fingerprint density at radius 1 is 1.44 bits per heavy atom. The van der Waals surface area contributed by atoms with Gasteiger partial charge in [-0.3, -0.25) is 0 Å². The Hall–Kier alpha value is -0.831. The van der Waals surface area contributed by atoms with Crippen LogP contribution < -0.4 is 4.46 Å². The molecule has 0 radical (unpaired) electrons. The summed E-state index contributed by atoms with van der Waals surface area (Å²) in [4.78, 5) is 10.9. The summed E-state index contributed by atoms with van der Waals surface area (Å²) in [6.45, 7) is 0. The van der Waals surface area contributed by atoms with Crippen LogP contribution in [0.2, 0.25) is 5.32 Å². The van der Waals surface area contributed by atoms with Crippen molar-refractivity contribution in [3.05, 3.63) is 30.3 Å². The van der Waals surface area contributed by atoms with Gasteiger partial charge in [0.15, 0.2) is 0 Å². The number of rotatable bonds is 6. The van der Waals surface area contributed by atoms with E-state index in [-0.39, 0.29) is 20.9 Å². The van der Waals surface area contributed by atoms with Gasteiger partial charge in [0, 0.05) is 0 Å². The third kappa shape index (κ3) is 5.31. The second-order valence-electron chi connectivity index (χ2n) is 3.39. The van der Waals surface area contributed by atoms with Crippen LogP contribution >= 0.6 is 0 Å². The molecule has 0 saturated heterocycles. The Bertz CT molecular complexity index is 313. The fourth-order valence-corrected chi connectivity index (χ4v) is 3.07. The first-order valence-electron chi connectivity index (χ1n) is 5.15. The summed E-state index contributed by atoms with van der Waals surface area (Å²) in [5.41, 5.74) is 0.